The molecule has 0 unspecified atom stereocenters. The number of nitrogen functional groups attached to an aromatic ring is 1. The van der Waals surface area contributed by atoms with Gasteiger partial charge in [0.05, 0.1) is 5.69 Å². The van der Waals surface area contributed by atoms with E-state index in [1.165, 1.54) is 18.2 Å². The number of hydrogen-bond donors (Lipinski definition) is 1. The molecular formula is C13H13F2N3. The third kappa shape index (κ3) is 2.80. The Morgan fingerprint density at radius 2 is 1.72 bits per heavy atom. The van der Waals surface area contributed by atoms with Crippen molar-refractivity contribution in [3.05, 3.63) is 41.7 Å². The molecule has 1 aromatic heterocycles. The molecule has 1 aromatic carbocycles. The number of aromatic nitrogens is 2. The number of rotatable bonds is 3. The lowest BCUT2D eigenvalue weighted by molar-refractivity contribution is 0.584. The van der Waals surface area contributed by atoms with Crippen LogP contribution in [0.1, 0.15) is 19.2 Å². The predicted octanol–water partition coefficient (Wildman–Crippen LogP) is 2.96. The molecule has 0 saturated heterocycles. The smallest absolute Gasteiger partial charge is 0.131 e. The van der Waals surface area contributed by atoms with E-state index in [0.717, 1.165) is 12.5 Å². The van der Waals surface area contributed by atoms with Crippen molar-refractivity contribution in [3.8, 4) is 11.3 Å². The summed E-state index contributed by atoms with van der Waals surface area (Å²) in [5, 5.41) is 0. The highest BCUT2D eigenvalue weighted by atomic mass is 19.1. The van der Waals surface area contributed by atoms with E-state index in [-0.39, 0.29) is 0 Å². The highest BCUT2D eigenvalue weighted by Crippen LogP contribution is 2.21. The van der Waals surface area contributed by atoms with Crippen molar-refractivity contribution in [1.29, 1.82) is 0 Å². The van der Waals surface area contributed by atoms with E-state index < -0.39 is 11.6 Å². The van der Waals surface area contributed by atoms with Crippen LogP contribution in [0.4, 0.5) is 14.6 Å². The van der Waals surface area contributed by atoms with Gasteiger partial charge in [-0.2, -0.15) is 0 Å². The van der Waals surface area contributed by atoms with Crippen molar-refractivity contribution in [3.63, 3.8) is 0 Å². The van der Waals surface area contributed by atoms with Crippen LogP contribution in [0.25, 0.3) is 11.3 Å². The van der Waals surface area contributed by atoms with Gasteiger partial charge in [-0.15, -0.1) is 0 Å². The molecule has 0 radical (unpaired) electrons. The van der Waals surface area contributed by atoms with E-state index in [4.69, 9.17) is 5.73 Å². The summed E-state index contributed by atoms with van der Waals surface area (Å²) in [4.78, 5) is 8.32. The largest absolute Gasteiger partial charge is 0.384 e. The Kier molecular flexibility index (Phi) is 3.50. The Bertz CT molecular complexity index is 550. The topological polar surface area (TPSA) is 51.8 Å². The predicted molar refractivity (Wildman–Crippen MR) is 65.8 cm³/mol. The van der Waals surface area contributed by atoms with Gasteiger partial charge in [-0.1, -0.05) is 6.92 Å². The average molecular weight is 249 g/mol. The van der Waals surface area contributed by atoms with E-state index in [2.05, 4.69) is 9.97 Å². The van der Waals surface area contributed by atoms with Crippen molar-refractivity contribution >= 4 is 5.82 Å². The molecule has 18 heavy (non-hydrogen) atoms. The molecule has 3 nitrogen and oxygen atoms in total. The fraction of sp³-hybridized carbons (Fsp3) is 0.231. The molecule has 0 fully saturated rings. The Morgan fingerprint density at radius 3 is 2.33 bits per heavy atom. The summed E-state index contributed by atoms with van der Waals surface area (Å²) in [5.41, 5.74) is 6.46. The maximum Gasteiger partial charge on any atom is 0.131 e. The molecule has 2 rings (SSSR count). The lowest BCUT2D eigenvalue weighted by Gasteiger charge is -2.05. The second-order valence-electron chi connectivity index (χ2n) is 4.00. The first-order chi connectivity index (χ1) is 8.58. The van der Waals surface area contributed by atoms with Gasteiger partial charge in [-0.3, -0.25) is 0 Å². The van der Waals surface area contributed by atoms with Crippen LogP contribution in [0.15, 0.2) is 24.3 Å². The third-order valence-corrected chi connectivity index (χ3v) is 2.42. The monoisotopic (exact) mass is 249 g/mol. The van der Waals surface area contributed by atoms with Gasteiger partial charge in [0.15, 0.2) is 0 Å². The zero-order chi connectivity index (χ0) is 13.1. The number of aryl methyl sites for hydroxylation is 1. The molecule has 0 atom stereocenters. The molecule has 0 aliphatic carbocycles. The summed E-state index contributed by atoms with van der Waals surface area (Å²) in [6.45, 7) is 1.99. The summed E-state index contributed by atoms with van der Waals surface area (Å²) in [5.74, 6) is -0.399. The standard InChI is InChI=1S/C13H13F2N3/c1-2-3-13-17-11(7-12(16)18-13)8-4-9(14)6-10(15)5-8/h4-7H,2-3H2,1H3,(H2,16,17,18). The van der Waals surface area contributed by atoms with Gasteiger partial charge in [-0.25, -0.2) is 18.7 Å². The average Bonchev–Trinajstić information content (AvgIpc) is 2.27. The number of benzene rings is 1. The van der Waals surface area contributed by atoms with Gasteiger partial charge in [-0.05, 0) is 18.6 Å². The molecule has 0 amide bonds. The highest BCUT2D eigenvalue weighted by molar-refractivity contribution is 5.61. The second-order valence-corrected chi connectivity index (χ2v) is 4.00. The fourth-order valence-electron chi connectivity index (χ4n) is 1.70. The van der Waals surface area contributed by atoms with E-state index in [1.54, 1.807) is 0 Å². The zero-order valence-corrected chi connectivity index (χ0v) is 9.95. The Hall–Kier alpha value is -2.04. The van der Waals surface area contributed by atoms with Crippen LogP contribution in [0.3, 0.4) is 0 Å². The van der Waals surface area contributed by atoms with Gasteiger partial charge >= 0.3 is 0 Å². The molecule has 1 heterocycles. The second kappa shape index (κ2) is 5.08. The summed E-state index contributed by atoms with van der Waals surface area (Å²) in [6.07, 6.45) is 1.55. The van der Waals surface area contributed by atoms with Crippen LogP contribution < -0.4 is 5.73 Å². The number of nitrogens with two attached hydrogens (primary N) is 1. The van der Waals surface area contributed by atoms with Crippen LogP contribution >= 0.6 is 0 Å². The van der Waals surface area contributed by atoms with Gasteiger partial charge < -0.3 is 5.73 Å². The van der Waals surface area contributed by atoms with Gasteiger partial charge in [0, 0.05) is 24.1 Å². The first-order valence-corrected chi connectivity index (χ1v) is 5.68. The van der Waals surface area contributed by atoms with E-state index in [1.807, 2.05) is 6.92 Å². The number of nitrogens with zero attached hydrogens (tertiary/aromatic N) is 2. The molecule has 0 bridgehead atoms. The summed E-state index contributed by atoms with van der Waals surface area (Å²) in [6, 6.07) is 4.77. The van der Waals surface area contributed by atoms with E-state index in [0.29, 0.717) is 29.3 Å². The molecule has 2 N–H and O–H groups in total. The Morgan fingerprint density at radius 1 is 1.06 bits per heavy atom. The van der Waals surface area contributed by atoms with Crippen molar-refractivity contribution in [1.82, 2.24) is 9.97 Å². The maximum absolute atomic E-state index is 13.1. The van der Waals surface area contributed by atoms with Crippen LogP contribution in [0, 0.1) is 11.6 Å². The van der Waals surface area contributed by atoms with Gasteiger partial charge in [0.2, 0.25) is 0 Å². The molecule has 2 aromatic rings. The van der Waals surface area contributed by atoms with Crippen molar-refractivity contribution in [2.75, 3.05) is 5.73 Å². The minimum absolute atomic E-state index is 0.299. The normalized spacial score (nSPS) is 10.6. The van der Waals surface area contributed by atoms with E-state index in [9.17, 15) is 8.78 Å². The minimum Gasteiger partial charge on any atom is -0.384 e. The van der Waals surface area contributed by atoms with Crippen LogP contribution in [0.2, 0.25) is 0 Å². The molecule has 0 saturated carbocycles. The van der Waals surface area contributed by atoms with E-state index >= 15 is 0 Å². The summed E-state index contributed by atoms with van der Waals surface area (Å²) >= 11 is 0. The highest BCUT2D eigenvalue weighted by Gasteiger charge is 2.07. The first kappa shape index (κ1) is 12.4. The number of halogens is 2. The quantitative estimate of drug-likeness (QED) is 0.909. The van der Waals surface area contributed by atoms with Crippen molar-refractivity contribution in [2.24, 2.45) is 0 Å². The lowest BCUT2D eigenvalue weighted by Crippen LogP contribution is -2.01. The Labute approximate surface area is 104 Å². The first-order valence-electron chi connectivity index (χ1n) is 5.68. The number of anilines is 1. The van der Waals surface area contributed by atoms with Gasteiger partial charge in [0.25, 0.3) is 0 Å². The zero-order valence-electron chi connectivity index (χ0n) is 9.95. The summed E-state index contributed by atoms with van der Waals surface area (Å²) < 4.78 is 26.3. The van der Waals surface area contributed by atoms with Crippen molar-refractivity contribution in [2.45, 2.75) is 19.8 Å². The Balaban J connectivity index is 2.49. The third-order valence-electron chi connectivity index (χ3n) is 2.42. The molecule has 94 valence electrons. The molecule has 0 aliphatic rings. The fourth-order valence-corrected chi connectivity index (χ4v) is 1.70. The lowest BCUT2D eigenvalue weighted by atomic mass is 10.1. The molecular weight excluding hydrogens is 236 g/mol. The van der Waals surface area contributed by atoms with Crippen molar-refractivity contribution < 1.29 is 8.78 Å². The van der Waals surface area contributed by atoms with Crippen LogP contribution in [0.5, 0.6) is 0 Å². The van der Waals surface area contributed by atoms with Gasteiger partial charge in [0.1, 0.15) is 23.3 Å². The maximum atomic E-state index is 13.1. The molecule has 0 aliphatic heterocycles. The summed E-state index contributed by atoms with van der Waals surface area (Å²) in [7, 11) is 0. The molecule has 5 heteroatoms. The van der Waals surface area contributed by atoms with Crippen LogP contribution in [-0.2, 0) is 6.42 Å². The SMILES string of the molecule is CCCc1nc(N)cc(-c2cc(F)cc(F)c2)n1. The molecule has 0 spiro atoms. The minimum atomic E-state index is -0.640. The number of hydrogen-bond acceptors (Lipinski definition) is 3. The van der Waals surface area contributed by atoms with Crippen LogP contribution in [-0.4, -0.2) is 9.97 Å².